The van der Waals surface area contributed by atoms with Gasteiger partial charge in [0.2, 0.25) is 10.0 Å². The second kappa shape index (κ2) is 4.46. The van der Waals surface area contributed by atoms with E-state index in [-0.39, 0.29) is 4.90 Å². The molecule has 1 aromatic rings. The maximum atomic E-state index is 11.6. The summed E-state index contributed by atoms with van der Waals surface area (Å²) in [6.45, 7) is 5.36. The van der Waals surface area contributed by atoms with E-state index in [1.807, 2.05) is 0 Å². The minimum absolute atomic E-state index is 0.0304. The van der Waals surface area contributed by atoms with Crippen molar-refractivity contribution < 1.29 is 13.2 Å². The number of nitrogens with zero attached hydrogens (tertiary/aromatic N) is 1. The highest BCUT2D eigenvalue weighted by Crippen LogP contribution is 2.09. The summed E-state index contributed by atoms with van der Waals surface area (Å²) in [5, 5.41) is 16.6. The standard InChI is InChI=1S/C11H16N2O3S/c1-11(2,3)13(14)8-9-4-6-10(7-5-9)17(12,15)16/h4-8H,1-3H3,(H2,12,15,16). The van der Waals surface area contributed by atoms with Gasteiger partial charge in [-0.05, 0) is 24.3 Å². The summed E-state index contributed by atoms with van der Waals surface area (Å²) < 4.78 is 22.9. The third-order valence-corrected chi connectivity index (χ3v) is 3.07. The average Bonchev–Trinajstić information content (AvgIpc) is 2.15. The molecule has 1 aromatic carbocycles. The lowest BCUT2D eigenvalue weighted by Gasteiger charge is -2.18. The first-order valence-electron chi connectivity index (χ1n) is 5.05. The van der Waals surface area contributed by atoms with Crippen LogP contribution < -0.4 is 5.14 Å². The summed E-state index contributed by atoms with van der Waals surface area (Å²) in [7, 11) is -3.68. The van der Waals surface area contributed by atoms with Gasteiger partial charge in [0.1, 0.15) is 0 Å². The lowest BCUT2D eigenvalue weighted by atomic mass is 10.1. The van der Waals surface area contributed by atoms with E-state index in [0.29, 0.717) is 5.56 Å². The van der Waals surface area contributed by atoms with Crippen LogP contribution >= 0.6 is 0 Å². The summed E-state index contributed by atoms with van der Waals surface area (Å²) in [6.07, 6.45) is 1.41. The molecule has 0 fully saturated rings. The molecule has 2 N–H and O–H groups in total. The molecule has 0 aromatic heterocycles. The second-order valence-corrected chi connectivity index (χ2v) is 6.30. The van der Waals surface area contributed by atoms with Crippen molar-refractivity contribution in [1.82, 2.24) is 0 Å². The van der Waals surface area contributed by atoms with E-state index in [4.69, 9.17) is 5.14 Å². The number of rotatable bonds is 2. The highest BCUT2D eigenvalue weighted by atomic mass is 32.2. The van der Waals surface area contributed by atoms with Gasteiger partial charge in [0, 0.05) is 26.3 Å². The molecule has 0 spiro atoms. The van der Waals surface area contributed by atoms with Crippen molar-refractivity contribution in [3.05, 3.63) is 35.0 Å². The van der Waals surface area contributed by atoms with Crippen molar-refractivity contribution in [2.45, 2.75) is 31.2 Å². The Labute approximate surface area is 101 Å². The van der Waals surface area contributed by atoms with Crippen molar-refractivity contribution in [1.29, 1.82) is 0 Å². The van der Waals surface area contributed by atoms with Gasteiger partial charge in [0.05, 0.1) is 4.90 Å². The maximum Gasteiger partial charge on any atom is 0.238 e. The Morgan fingerprint density at radius 3 is 2.06 bits per heavy atom. The number of benzene rings is 1. The van der Waals surface area contributed by atoms with Gasteiger partial charge in [-0.2, -0.15) is 0 Å². The summed E-state index contributed by atoms with van der Waals surface area (Å²) in [5.41, 5.74) is 0.0980. The summed E-state index contributed by atoms with van der Waals surface area (Å²) >= 11 is 0. The first-order chi connectivity index (χ1) is 7.60. The first kappa shape index (κ1) is 13.7. The lowest BCUT2D eigenvalue weighted by Crippen LogP contribution is -2.29. The monoisotopic (exact) mass is 256 g/mol. The fourth-order valence-electron chi connectivity index (χ4n) is 1.07. The van der Waals surface area contributed by atoms with Gasteiger partial charge in [-0.3, -0.25) is 0 Å². The SMILES string of the molecule is CC(C)(C)[N+]([O-])=Cc1ccc(S(N)(=O)=O)cc1. The minimum Gasteiger partial charge on any atom is -0.623 e. The maximum absolute atomic E-state index is 11.6. The minimum atomic E-state index is -3.68. The molecule has 1 rings (SSSR count). The number of hydrogen-bond donors (Lipinski definition) is 1. The Morgan fingerprint density at radius 1 is 1.24 bits per heavy atom. The van der Waals surface area contributed by atoms with Crippen LogP contribution in [0.4, 0.5) is 0 Å². The molecule has 0 radical (unpaired) electrons. The predicted octanol–water partition coefficient (Wildman–Crippen LogP) is 1.06. The predicted molar refractivity (Wildman–Crippen MR) is 66.4 cm³/mol. The van der Waals surface area contributed by atoms with Crippen LogP contribution in [-0.4, -0.2) is 24.9 Å². The summed E-state index contributed by atoms with van der Waals surface area (Å²) in [6, 6.07) is 5.82. The molecule has 0 aliphatic rings. The van der Waals surface area contributed by atoms with E-state index < -0.39 is 15.6 Å². The van der Waals surface area contributed by atoms with E-state index in [9.17, 15) is 13.6 Å². The number of hydroxylamine groups is 1. The van der Waals surface area contributed by atoms with Crippen LogP contribution in [0.25, 0.3) is 0 Å². The normalized spacial score (nSPS) is 13.8. The Kier molecular flexibility index (Phi) is 3.59. The molecule has 17 heavy (non-hydrogen) atoms. The third kappa shape index (κ3) is 3.83. The van der Waals surface area contributed by atoms with Crippen molar-refractivity contribution in [3.63, 3.8) is 0 Å². The van der Waals surface area contributed by atoms with Crippen molar-refractivity contribution >= 4 is 16.2 Å². The molecule has 0 aliphatic carbocycles. The second-order valence-electron chi connectivity index (χ2n) is 4.74. The first-order valence-corrected chi connectivity index (χ1v) is 6.59. The number of hydrogen-bond acceptors (Lipinski definition) is 3. The molecule has 6 heteroatoms. The molecule has 0 aliphatic heterocycles. The van der Waals surface area contributed by atoms with Gasteiger partial charge < -0.3 is 5.21 Å². The van der Waals surface area contributed by atoms with Crippen LogP contribution in [0.15, 0.2) is 29.2 Å². The topological polar surface area (TPSA) is 86.2 Å². The van der Waals surface area contributed by atoms with Crippen LogP contribution in [-0.2, 0) is 10.0 Å². The van der Waals surface area contributed by atoms with E-state index in [2.05, 4.69) is 0 Å². The molecule has 5 nitrogen and oxygen atoms in total. The van der Waals surface area contributed by atoms with Gasteiger partial charge in [-0.1, -0.05) is 0 Å². The fraction of sp³-hybridized carbons (Fsp3) is 0.364. The smallest absolute Gasteiger partial charge is 0.238 e. The molecule has 0 saturated heterocycles. The Balaban J connectivity index is 3.06. The van der Waals surface area contributed by atoms with Crippen molar-refractivity contribution in [2.75, 3.05) is 0 Å². The van der Waals surface area contributed by atoms with Crippen LogP contribution in [0, 0.1) is 5.21 Å². The van der Waals surface area contributed by atoms with Crippen LogP contribution in [0.1, 0.15) is 26.3 Å². The molecule has 0 saturated carbocycles. The summed E-state index contributed by atoms with van der Waals surface area (Å²) in [5.74, 6) is 0. The molecule has 0 unspecified atom stereocenters. The van der Waals surface area contributed by atoms with E-state index >= 15 is 0 Å². The van der Waals surface area contributed by atoms with Crippen molar-refractivity contribution in [3.8, 4) is 0 Å². The molecular formula is C11H16N2O3S. The van der Waals surface area contributed by atoms with Crippen LogP contribution in [0.2, 0.25) is 0 Å². The quantitative estimate of drug-likeness (QED) is 0.371. The zero-order chi connectivity index (χ0) is 13.3. The van der Waals surface area contributed by atoms with Crippen LogP contribution in [0.3, 0.4) is 0 Å². The third-order valence-electron chi connectivity index (χ3n) is 2.14. The zero-order valence-corrected chi connectivity index (χ0v) is 10.9. The zero-order valence-electron chi connectivity index (χ0n) is 10.0. The van der Waals surface area contributed by atoms with Gasteiger partial charge in [-0.25, -0.2) is 18.3 Å². The van der Waals surface area contributed by atoms with E-state index in [1.165, 1.54) is 30.5 Å². The van der Waals surface area contributed by atoms with Gasteiger partial charge in [0.25, 0.3) is 0 Å². The number of sulfonamides is 1. The summed E-state index contributed by atoms with van der Waals surface area (Å²) in [4.78, 5) is 0.0304. The molecule has 0 atom stereocenters. The largest absolute Gasteiger partial charge is 0.623 e. The molecule has 94 valence electrons. The van der Waals surface area contributed by atoms with Gasteiger partial charge in [0.15, 0.2) is 11.8 Å². The molecular weight excluding hydrogens is 240 g/mol. The van der Waals surface area contributed by atoms with Gasteiger partial charge >= 0.3 is 0 Å². The highest BCUT2D eigenvalue weighted by Gasteiger charge is 2.18. The molecule has 0 bridgehead atoms. The molecule has 0 amide bonds. The fourth-order valence-corrected chi connectivity index (χ4v) is 1.59. The Bertz CT molecular complexity index is 525. The van der Waals surface area contributed by atoms with Crippen LogP contribution in [0.5, 0.6) is 0 Å². The Hall–Kier alpha value is -1.40. The van der Waals surface area contributed by atoms with E-state index in [1.54, 1.807) is 20.8 Å². The van der Waals surface area contributed by atoms with E-state index in [0.717, 1.165) is 4.74 Å². The highest BCUT2D eigenvalue weighted by molar-refractivity contribution is 7.89. The lowest BCUT2D eigenvalue weighted by molar-refractivity contribution is -0.530. The number of primary sulfonamides is 1. The Morgan fingerprint density at radius 2 is 1.71 bits per heavy atom. The van der Waals surface area contributed by atoms with Crippen molar-refractivity contribution in [2.24, 2.45) is 5.14 Å². The average molecular weight is 256 g/mol. The molecule has 0 heterocycles. The van der Waals surface area contributed by atoms with Gasteiger partial charge in [-0.15, -0.1) is 0 Å². The number of nitrogens with two attached hydrogens (primary N) is 1.